The molecule has 6 heteroatoms. The molecule has 0 aromatic heterocycles. The number of nitrogens with zero attached hydrogens (tertiary/aromatic N) is 1. The van der Waals surface area contributed by atoms with Gasteiger partial charge in [-0.05, 0) is 50.5 Å². The summed E-state index contributed by atoms with van der Waals surface area (Å²) in [4.78, 5) is 24.7. The smallest absolute Gasteiger partial charge is 0.322 e. The second-order valence-electron chi connectivity index (χ2n) is 5.22. The van der Waals surface area contributed by atoms with E-state index in [9.17, 15) is 14.0 Å². The highest BCUT2D eigenvalue weighted by Crippen LogP contribution is 2.26. The number of nitrogens with one attached hydrogen (secondary N) is 1. The van der Waals surface area contributed by atoms with Crippen molar-refractivity contribution in [3.05, 3.63) is 30.1 Å². The highest BCUT2D eigenvalue weighted by atomic mass is 19.1. The minimum absolute atomic E-state index is 0.118. The van der Waals surface area contributed by atoms with Crippen molar-refractivity contribution >= 4 is 17.7 Å². The van der Waals surface area contributed by atoms with E-state index in [0.717, 1.165) is 0 Å². The van der Waals surface area contributed by atoms with Crippen LogP contribution in [0.25, 0.3) is 0 Å². The van der Waals surface area contributed by atoms with E-state index in [1.807, 2.05) is 6.92 Å². The average Bonchev–Trinajstić information content (AvgIpc) is 2.90. The number of anilines is 1. The molecule has 1 aromatic carbocycles. The highest BCUT2D eigenvalue weighted by molar-refractivity contribution is 5.92. The molecule has 2 amide bonds. The lowest BCUT2D eigenvalue weighted by Gasteiger charge is -2.24. The SMILES string of the molecule is CCN(C(=O)NC1CCC(C(=O)O)C1)c1ccc(F)cc1. The molecule has 21 heavy (non-hydrogen) atoms. The number of hydrogen-bond donors (Lipinski definition) is 2. The Morgan fingerprint density at radius 2 is 2.00 bits per heavy atom. The largest absolute Gasteiger partial charge is 0.481 e. The number of carboxylic acid groups (broad SMARTS) is 1. The van der Waals surface area contributed by atoms with Crippen molar-refractivity contribution in [3.8, 4) is 0 Å². The number of urea groups is 1. The Balaban J connectivity index is 1.98. The molecule has 0 radical (unpaired) electrons. The second-order valence-corrected chi connectivity index (χ2v) is 5.22. The summed E-state index contributed by atoms with van der Waals surface area (Å²) in [6.45, 7) is 2.28. The van der Waals surface area contributed by atoms with E-state index in [1.165, 1.54) is 17.0 Å². The number of carboxylic acids is 1. The number of halogens is 1. The van der Waals surface area contributed by atoms with Crippen LogP contribution >= 0.6 is 0 Å². The number of rotatable bonds is 4. The molecule has 1 aromatic rings. The van der Waals surface area contributed by atoms with E-state index in [2.05, 4.69) is 5.32 Å². The first-order valence-corrected chi connectivity index (χ1v) is 7.07. The van der Waals surface area contributed by atoms with Gasteiger partial charge in [-0.15, -0.1) is 0 Å². The maximum Gasteiger partial charge on any atom is 0.322 e. The molecule has 1 saturated carbocycles. The number of hydrogen-bond acceptors (Lipinski definition) is 2. The Morgan fingerprint density at radius 3 is 2.52 bits per heavy atom. The summed E-state index contributed by atoms with van der Waals surface area (Å²) in [6.07, 6.45) is 1.72. The average molecular weight is 294 g/mol. The van der Waals surface area contributed by atoms with Crippen molar-refractivity contribution in [2.45, 2.75) is 32.2 Å². The lowest BCUT2D eigenvalue weighted by molar-refractivity contribution is -0.141. The van der Waals surface area contributed by atoms with Crippen LogP contribution in [-0.4, -0.2) is 29.7 Å². The van der Waals surface area contributed by atoms with Gasteiger partial charge < -0.3 is 10.4 Å². The normalized spacial score (nSPS) is 21.0. The number of amides is 2. The predicted octanol–water partition coefficient (Wildman–Crippen LogP) is 2.61. The summed E-state index contributed by atoms with van der Waals surface area (Å²) < 4.78 is 12.9. The minimum Gasteiger partial charge on any atom is -0.481 e. The quantitative estimate of drug-likeness (QED) is 0.896. The first-order chi connectivity index (χ1) is 10.0. The molecule has 0 spiro atoms. The van der Waals surface area contributed by atoms with Crippen LogP contribution < -0.4 is 10.2 Å². The molecule has 2 unspecified atom stereocenters. The molecule has 0 bridgehead atoms. The molecule has 0 aliphatic heterocycles. The molecular weight excluding hydrogens is 275 g/mol. The van der Waals surface area contributed by atoms with Crippen LogP contribution in [0, 0.1) is 11.7 Å². The van der Waals surface area contributed by atoms with Gasteiger partial charge in [0.1, 0.15) is 5.82 Å². The van der Waals surface area contributed by atoms with Crippen molar-refractivity contribution in [3.63, 3.8) is 0 Å². The number of carbonyl (C=O) groups excluding carboxylic acids is 1. The molecule has 114 valence electrons. The van der Waals surface area contributed by atoms with E-state index in [1.54, 1.807) is 12.1 Å². The zero-order valence-electron chi connectivity index (χ0n) is 11.9. The lowest BCUT2D eigenvalue weighted by Crippen LogP contribution is -2.44. The first kappa shape index (κ1) is 15.3. The number of benzene rings is 1. The van der Waals surface area contributed by atoms with E-state index in [-0.39, 0.29) is 23.8 Å². The summed E-state index contributed by atoms with van der Waals surface area (Å²) in [5.41, 5.74) is 0.615. The Morgan fingerprint density at radius 1 is 1.33 bits per heavy atom. The summed E-state index contributed by atoms with van der Waals surface area (Å²) in [5.74, 6) is -1.54. The number of aliphatic carboxylic acids is 1. The molecule has 2 N–H and O–H groups in total. The molecule has 0 saturated heterocycles. The highest BCUT2D eigenvalue weighted by Gasteiger charge is 2.31. The maximum absolute atomic E-state index is 12.9. The van der Waals surface area contributed by atoms with Gasteiger partial charge in [0.05, 0.1) is 5.92 Å². The summed E-state index contributed by atoms with van der Waals surface area (Å²) >= 11 is 0. The van der Waals surface area contributed by atoms with Crippen LogP contribution in [0.5, 0.6) is 0 Å². The molecule has 5 nitrogen and oxygen atoms in total. The third kappa shape index (κ3) is 3.71. The van der Waals surface area contributed by atoms with Gasteiger partial charge in [0.2, 0.25) is 0 Å². The molecule has 1 aliphatic carbocycles. The van der Waals surface area contributed by atoms with E-state index < -0.39 is 5.97 Å². The van der Waals surface area contributed by atoms with Gasteiger partial charge in [-0.2, -0.15) is 0 Å². The van der Waals surface area contributed by atoms with Gasteiger partial charge in [-0.1, -0.05) is 0 Å². The monoisotopic (exact) mass is 294 g/mol. The van der Waals surface area contributed by atoms with E-state index in [4.69, 9.17) is 5.11 Å². The van der Waals surface area contributed by atoms with E-state index in [0.29, 0.717) is 31.5 Å². The fourth-order valence-corrected chi connectivity index (χ4v) is 2.65. The Kier molecular flexibility index (Phi) is 4.77. The summed E-state index contributed by atoms with van der Waals surface area (Å²) in [5, 5.41) is 11.8. The Labute approximate surface area is 122 Å². The summed E-state index contributed by atoms with van der Waals surface area (Å²) in [6, 6.07) is 5.32. The summed E-state index contributed by atoms with van der Waals surface area (Å²) in [7, 11) is 0. The van der Waals surface area contributed by atoms with Gasteiger partial charge in [-0.25, -0.2) is 9.18 Å². The van der Waals surface area contributed by atoms with Gasteiger partial charge in [-0.3, -0.25) is 9.69 Å². The van der Waals surface area contributed by atoms with Gasteiger partial charge in [0.25, 0.3) is 0 Å². The first-order valence-electron chi connectivity index (χ1n) is 7.07. The molecule has 1 aliphatic rings. The van der Waals surface area contributed by atoms with Crippen LogP contribution in [0.4, 0.5) is 14.9 Å². The zero-order chi connectivity index (χ0) is 15.4. The fraction of sp³-hybridized carbons (Fsp3) is 0.467. The Bertz CT molecular complexity index is 518. The van der Waals surface area contributed by atoms with Gasteiger partial charge in [0, 0.05) is 18.3 Å². The van der Waals surface area contributed by atoms with Crippen molar-refractivity contribution in [1.29, 1.82) is 0 Å². The van der Waals surface area contributed by atoms with Crippen molar-refractivity contribution in [1.82, 2.24) is 5.32 Å². The standard InChI is InChI=1S/C15H19FN2O3/c1-2-18(13-7-4-11(16)5-8-13)15(21)17-12-6-3-10(9-12)14(19)20/h4-5,7-8,10,12H,2-3,6,9H2,1H3,(H,17,21)(H,19,20). The molecular formula is C15H19FN2O3. The zero-order valence-corrected chi connectivity index (χ0v) is 11.9. The van der Waals surface area contributed by atoms with Crippen LogP contribution in [0.1, 0.15) is 26.2 Å². The third-order valence-electron chi connectivity index (χ3n) is 3.81. The van der Waals surface area contributed by atoms with Crippen molar-refractivity contribution < 1.29 is 19.1 Å². The fourth-order valence-electron chi connectivity index (χ4n) is 2.65. The van der Waals surface area contributed by atoms with Crippen molar-refractivity contribution in [2.24, 2.45) is 5.92 Å². The minimum atomic E-state index is -0.808. The van der Waals surface area contributed by atoms with Crippen LogP contribution in [0.2, 0.25) is 0 Å². The lowest BCUT2D eigenvalue weighted by atomic mass is 10.1. The predicted molar refractivity (Wildman–Crippen MR) is 76.7 cm³/mol. The van der Waals surface area contributed by atoms with Gasteiger partial charge in [0.15, 0.2) is 0 Å². The van der Waals surface area contributed by atoms with Crippen molar-refractivity contribution in [2.75, 3.05) is 11.4 Å². The second kappa shape index (κ2) is 6.56. The topological polar surface area (TPSA) is 69.6 Å². The molecule has 0 heterocycles. The van der Waals surface area contributed by atoms with Crippen LogP contribution in [0.3, 0.4) is 0 Å². The van der Waals surface area contributed by atoms with Crippen LogP contribution in [0.15, 0.2) is 24.3 Å². The van der Waals surface area contributed by atoms with E-state index >= 15 is 0 Å². The molecule has 1 fully saturated rings. The third-order valence-corrected chi connectivity index (χ3v) is 3.81. The Hall–Kier alpha value is -2.11. The van der Waals surface area contributed by atoms with Gasteiger partial charge >= 0.3 is 12.0 Å². The maximum atomic E-state index is 12.9. The number of carbonyl (C=O) groups is 2. The molecule has 2 rings (SSSR count). The van der Waals surface area contributed by atoms with Crippen LogP contribution in [-0.2, 0) is 4.79 Å². The molecule has 2 atom stereocenters.